The number of cyclic esters (lactones) is 1. The molecule has 0 unspecified atom stereocenters. The summed E-state index contributed by atoms with van der Waals surface area (Å²) < 4.78 is 7.26. The van der Waals surface area contributed by atoms with E-state index in [9.17, 15) is 4.79 Å². The standard InChI is InChI=1S/C14H22N4O2/c1-9-7-13(14(19)20-9)17-6-4-5-12(17)8-18-11(3)15-10(2)16-18/h9,12-13H,4-8H2,1-3H3/t9-,12-,13+/m0/s1. The first-order chi connectivity index (χ1) is 9.54. The van der Waals surface area contributed by atoms with E-state index in [4.69, 9.17) is 4.74 Å². The Bertz CT molecular complexity index is 513. The number of aromatic nitrogens is 3. The van der Waals surface area contributed by atoms with Gasteiger partial charge in [-0.15, -0.1) is 0 Å². The molecular weight excluding hydrogens is 256 g/mol. The fraction of sp³-hybridized carbons (Fsp3) is 0.786. The Kier molecular flexibility index (Phi) is 3.50. The lowest BCUT2D eigenvalue weighted by molar-refractivity contribution is -0.145. The first-order valence-electron chi connectivity index (χ1n) is 7.39. The number of carbonyl (C=O) groups excluding carboxylic acids is 1. The molecule has 20 heavy (non-hydrogen) atoms. The van der Waals surface area contributed by atoms with Crippen LogP contribution >= 0.6 is 0 Å². The molecule has 0 aromatic carbocycles. The van der Waals surface area contributed by atoms with Gasteiger partial charge in [-0.25, -0.2) is 9.67 Å². The van der Waals surface area contributed by atoms with Gasteiger partial charge in [-0.1, -0.05) is 0 Å². The maximum absolute atomic E-state index is 11.9. The molecule has 2 aliphatic rings. The monoisotopic (exact) mass is 278 g/mol. The number of esters is 1. The summed E-state index contributed by atoms with van der Waals surface area (Å²) in [4.78, 5) is 18.6. The van der Waals surface area contributed by atoms with Gasteiger partial charge in [-0.3, -0.25) is 9.69 Å². The average Bonchev–Trinajstić information content (AvgIpc) is 3.02. The molecular formula is C14H22N4O2. The van der Waals surface area contributed by atoms with Crippen LogP contribution in [0.1, 0.15) is 37.8 Å². The number of likely N-dealkylation sites (tertiary alicyclic amines) is 1. The van der Waals surface area contributed by atoms with Crippen molar-refractivity contribution in [2.75, 3.05) is 6.54 Å². The van der Waals surface area contributed by atoms with Gasteiger partial charge in [-0.05, 0) is 40.2 Å². The van der Waals surface area contributed by atoms with Crippen molar-refractivity contribution in [2.45, 2.75) is 64.8 Å². The summed E-state index contributed by atoms with van der Waals surface area (Å²) in [5.41, 5.74) is 0. The third kappa shape index (κ3) is 2.44. The number of hydrogen-bond acceptors (Lipinski definition) is 5. The SMILES string of the molecule is Cc1nc(C)n(C[C@@H]2CCCN2[C@@H]2C[C@H](C)OC2=O)n1. The van der Waals surface area contributed by atoms with Gasteiger partial charge in [-0.2, -0.15) is 5.10 Å². The normalized spacial score (nSPS) is 30.9. The molecule has 2 saturated heterocycles. The lowest BCUT2D eigenvalue weighted by Gasteiger charge is -2.28. The highest BCUT2D eigenvalue weighted by molar-refractivity contribution is 5.78. The van der Waals surface area contributed by atoms with Gasteiger partial charge in [0, 0.05) is 12.5 Å². The number of ether oxygens (including phenoxy) is 1. The maximum atomic E-state index is 11.9. The maximum Gasteiger partial charge on any atom is 0.323 e. The Balaban J connectivity index is 1.73. The second-order valence-electron chi connectivity index (χ2n) is 5.92. The summed E-state index contributed by atoms with van der Waals surface area (Å²) >= 11 is 0. The van der Waals surface area contributed by atoms with E-state index in [2.05, 4.69) is 15.0 Å². The van der Waals surface area contributed by atoms with Crippen molar-refractivity contribution in [2.24, 2.45) is 0 Å². The van der Waals surface area contributed by atoms with Crippen LogP contribution in [0.25, 0.3) is 0 Å². The zero-order chi connectivity index (χ0) is 14.3. The molecule has 0 radical (unpaired) electrons. The Morgan fingerprint density at radius 1 is 1.40 bits per heavy atom. The molecule has 2 aliphatic heterocycles. The molecule has 3 rings (SSSR count). The van der Waals surface area contributed by atoms with E-state index in [1.807, 2.05) is 25.5 Å². The van der Waals surface area contributed by atoms with Crippen molar-refractivity contribution in [3.05, 3.63) is 11.6 Å². The fourth-order valence-electron chi connectivity index (χ4n) is 3.40. The molecule has 1 aromatic rings. The third-order valence-electron chi connectivity index (χ3n) is 4.31. The highest BCUT2D eigenvalue weighted by atomic mass is 16.6. The highest BCUT2D eigenvalue weighted by Gasteiger charge is 2.41. The zero-order valence-electron chi connectivity index (χ0n) is 12.4. The summed E-state index contributed by atoms with van der Waals surface area (Å²) in [6.07, 6.45) is 3.10. The van der Waals surface area contributed by atoms with E-state index < -0.39 is 0 Å². The smallest absolute Gasteiger partial charge is 0.323 e. The Labute approximate surface area is 119 Å². The quantitative estimate of drug-likeness (QED) is 0.774. The molecule has 6 heteroatoms. The second kappa shape index (κ2) is 5.16. The number of aryl methyl sites for hydroxylation is 2. The lowest BCUT2D eigenvalue weighted by Crippen LogP contribution is -2.43. The van der Waals surface area contributed by atoms with Crippen molar-refractivity contribution in [3.63, 3.8) is 0 Å². The highest BCUT2D eigenvalue weighted by Crippen LogP contribution is 2.28. The van der Waals surface area contributed by atoms with Gasteiger partial charge in [0.25, 0.3) is 0 Å². The van der Waals surface area contributed by atoms with Crippen molar-refractivity contribution in [3.8, 4) is 0 Å². The predicted octanol–water partition coefficient (Wildman–Crippen LogP) is 1.06. The number of nitrogens with zero attached hydrogens (tertiary/aromatic N) is 4. The largest absolute Gasteiger partial charge is 0.461 e. The summed E-state index contributed by atoms with van der Waals surface area (Å²) in [6.45, 7) is 7.64. The predicted molar refractivity (Wildman–Crippen MR) is 73.2 cm³/mol. The van der Waals surface area contributed by atoms with Crippen LogP contribution in [0.2, 0.25) is 0 Å². The number of rotatable bonds is 3. The van der Waals surface area contributed by atoms with Crippen LogP contribution in [0.5, 0.6) is 0 Å². The minimum absolute atomic E-state index is 0.0455. The van der Waals surface area contributed by atoms with E-state index in [0.717, 1.165) is 44.0 Å². The zero-order valence-corrected chi connectivity index (χ0v) is 12.4. The van der Waals surface area contributed by atoms with Crippen LogP contribution in [0, 0.1) is 13.8 Å². The average molecular weight is 278 g/mol. The van der Waals surface area contributed by atoms with Gasteiger partial charge in [0.1, 0.15) is 23.8 Å². The molecule has 0 aliphatic carbocycles. The molecule has 0 spiro atoms. The minimum atomic E-state index is -0.0672. The van der Waals surface area contributed by atoms with Crippen LogP contribution in [-0.4, -0.2) is 50.4 Å². The summed E-state index contributed by atoms with van der Waals surface area (Å²) in [6, 6.07) is 0.292. The molecule has 1 aromatic heterocycles. The van der Waals surface area contributed by atoms with Crippen molar-refractivity contribution >= 4 is 5.97 Å². The van der Waals surface area contributed by atoms with Gasteiger partial charge in [0.2, 0.25) is 0 Å². The Morgan fingerprint density at radius 2 is 2.20 bits per heavy atom. The molecule has 3 heterocycles. The van der Waals surface area contributed by atoms with Gasteiger partial charge < -0.3 is 4.74 Å². The van der Waals surface area contributed by atoms with Crippen LogP contribution in [0.3, 0.4) is 0 Å². The summed E-state index contributed by atoms with van der Waals surface area (Å²) in [5.74, 6) is 1.69. The molecule has 2 fully saturated rings. The molecule has 3 atom stereocenters. The van der Waals surface area contributed by atoms with Gasteiger partial charge in [0.15, 0.2) is 0 Å². The van der Waals surface area contributed by atoms with E-state index in [-0.39, 0.29) is 18.1 Å². The van der Waals surface area contributed by atoms with Gasteiger partial charge >= 0.3 is 5.97 Å². The lowest BCUT2D eigenvalue weighted by atomic mass is 10.1. The minimum Gasteiger partial charge on any atom is -0.461 e. The first-order valence-corrected chi connectivity index (χ1v) is 7.39. The Morgan fingerprint density at radius 3 is 2.80 bits per heavy atom. The first kappa shape index (κ1) is 13.5. The van der Waals surface area contributed by atoms with Crippen LogP contribution < -0.4 is 0 Å². The number of hydrogen-bond donors (Lipinski definition) is 0. The Hall–Kier alpha value is -1.43. The summed E-state index contributed by atoms with van der Waals surface area (Å²) in [7, 11) is 0. The summed E-state index contributed by atoms with van der Waals surface area (Å²) in [5, 5.41) is 4.43. The van der Waals surface area contributed by atoms with Crippen molar-refractivity contribution in [1.29, 1.82) is 0 Å². The van der Waals surface area contributed by atoms with Crippen molar-refractivity contribution < 1.29 is 9.53 Å². The molecule has 0 amide bonds. The van der Waals surface area contributed by atoms with Crippen LogP contribution in [0.15, 0.2) is 0 Å². The topological polar surface area (TPSA) is 60.2 Å². The molecule has 6 nitrogen and oxygen atoms in total. The van der Waals surface area contributed by atoms with E-state index in [1.165, 1.54) is 0 Å². The molecule has 110 valence electrons. The second-order valence-corrected chi connectivity index (χ2v) is 5.92. The fourth-order valence-corrected chi connectivity index (χ4v) is 3.40. The van der Waals surface area contributed by atoms with Crippen LogP contribution in [-0.2, 0) is 16.1 Å². The molecule has 0 N–H and O–H groups in total. The van der Waals surface area contributed by atoms with E-state index in [0.29, 0.717) is 6.04 Å². The van der Waals surface area contributed by atoms with E-state index >= 15 is 0 Å². The number of carbonyl (C=O) groups is 1. The van der Waals surface area contributed by atoms with Crippen LogP contribution in [0.4, 0.5) is 0 Å². The van der Waals surface area contributed by atoms with Crippen molar-refractivity contribution in [1.82, 2.24) is 19.7 Å². The third-order valence-corrected chi connectivity index (χ3v) is 4.31. The molecule has 0 bridgehead atoms. The van der Waals surface area contributed by atoms with E-state index in [1.54, 1.807) is 0 Å². The van der Waals surface area contributed by atoms with Gasteiger partial charge in [0.05, 0.1) is 6.54 Å². The molecule has 0 saturated carbocycles.